The molecular weight excluding hydrogens is 878 g/mol. The Bertz CT molecular complexity index is 1380. The van der Waals surface area contributed by atoms with E-state index in [4.69, 9.17) is 23.8 Å². The standard InChI is InChI=1S/C48H88O15P2/c1-4-5-6-7-8-9-10-18-21-24-27-30-34-45(50)46(51)35-32-37-48(53)63-44(41-62-65(57,58)61-39-43(49)38-60-64(54,55)56)40-59-47(52)36-31-28-25-22-19-16-14-12-11-13-15-17-20-23-26-29-33-42(2)3/h5-6,8-9,18,21,27,30,42-46,49-51H,4,7,10-17,19-20,22-26,28-29,31-41H2,1-3H3,(H,57,58)(H2,54,55,56)/b6-5-,9-8-,21-18-,30-27-/t43-,44+,45+,46+/m0/s1. The number of aliphatic hydroxyl groups is 3. The molecule has 0 rings (SSSR count). The van der Waals surface area contributed by atoms with E-state index in [9.17, 15) is 38.9 Å². The van der Waals surface area contributed by atoms with Crippen LogP contribution in [0, 0.1) is 5.92 Å². The van der Waals surface area contributed by atoms with Crippen LogP contribution in [-0.2, 0) is 41.8 Å². The lowest BCUT2D eigenvalue weighted by molar-refractivity contribution is -0.161. The molecule has 0 heterocycles. The molecule has 0 aliphatic rings. The lowest BCUT2D eigenvalue weighted by Crippen LogP contribution is -2.30. The molecule has 380 valence electrons. The van der Waals surface area contributed by atoms with Gasteiger partial charge in [0.2, 0.25) is 0 Å². The highest BCUT2D eigenvalue weighted by atomic mass is 31.2. The fourth-order valence-corrected chi connectivity index (χ4v) is 7.72. The minimum absolute atomic E-state index is 0.0900. The molecular formula is C48H88O15P2. The lowest BCUT2D eigenvalue weighted by Gasteiger charge is -2.21. The van der Waals surface area contributed by atoms with Crippen LogP contribution in [0.1, 0.15) is 188 Å². The highest BCUT2D eigenvalue weighted by Gasteiger charge is 2.28. The van der Waals surface area contributed by atoms with Gasteiger partial charge in [-0.2, -0.15) is 0 Å². The molecule has 0 aromatic rings. The zero-order chi connectivity index (χ0) is 48.4. The van der Waals surface area contributed by atoms with Crippen LogP contribution in [0.5, 0.6) is 0 Å². The topological polar surface area (TPSA) is 236 Å². The Morgan fingerprint density at radius 1 is 0.508 bits per heavy atom. The minimum atomic E-state index is -4.90. The van der Waals surface area contributed by atoms with E-state index in [1.165, 1.54) is 77.0 Å². The van der Waals surface area contributed by atoms with Gasteiger partial charge in [-0.05, 0) is 57.3 Å². The quantitative estimate of drug-likeness (QED) is 0.0144. The van der Waals surface area contributed by atoms with Crippen LogP contribution in [-0.4, -0.2) is 92.8 Å². The summed E-state index contributed by atoms with van der Waals surface area (Å²) in [6.07, 6.45) is 35.6. The number of phosphoric ester groups is 2. The first-order chi connectivity index (χ1) is 31.0. The summed E-state index contributed by atoms with van der Waals surface area (Å²) >= 11 is 0. The van der Waals surface area contributed by atoms with Crippen LogP contribution >= 0.6 is 15.6 Å². The molecule has 0 bridgehead atoms. The Hall–Kier alpha value is -2.00. The number of hydrogen-bond acceptors (Lipinski definition) is 12. The monoisotopic (exact) mass is 967 g/mol. The predicted octanol–water partition coefficient (Wildman–Crippen LogP) is 10.8. The molecule has 0 aromatic heterocycles. The summed E-state index contributed by atoms with van der Waals surface area (Å²) < 4.78 is 47.7. The molecule has 0 fully saturated rings. The Kier molecular flexibility index (Phi) is 40.8. The van der Waals surface area contributed by atoms with Gasteiger partial charge in [-0.15, -0.1) is 0 Å². The van der Waals surface area contributed by atoms with Crippen LogP contribution < -0.4 is 0 Å². The van der Waals surface area contributed by atoms with Crippen molar-refractivity contribution in [2.45, 2.75) is 212 Å². The van der Waals surface area contributed by atoms with Gasteiger partial charge in [-0.3, -0.25) is 23.2 Å². The number of esters is 2. The maximum absolute atomic E-state index is 12.7. The molecule has 5 atom stereocenters. The Morgan fingerprint density at radius 3 is 1.46 bits per heavy atom. The largest absolute Gasteiger partial charge is 0.472 e. The number of rotatable bonds is 45. The van der Waals surface area contributed by atoms with Gasteiger partial charge in [0.15, 0.2) is 6.10 Å². The second-order valence-electron chi connectivity index (χ2n) is 17.1. The zero-order valence-electron chi connectivity index (χ0n) is 40.0. The minimum Gasteiger partial charge on any atom is -0.462 e. The molecule has 0 aliphatic carbocycles. The normalized spacial score (nSPS) is 15.4. The van der Waals surface area contributed by atoms with Crippen molar-refractivity contribution in [3.8, 4) is 0 Å². The molecule has 15 nitrogen and oxygen atoms in total. The van der Waals surface area contributed by atoms with E-state index in [1.807, 2.05) is 12.2 Å². The maximum atomic E-state index is 12.7. The van der Waals surface area contributed by atoms with Crippen molar-refractivity contribution < 1.29 is 71.8 Å². The fraction of sp³-hybridized carbons (Fsp3) is 0.792. The van der Waals surface area contributed by atoms with Gasteiger partial charge < -0.3 is 39.5 Å². The maximum Gasteiger partial charge on any atom is 0.472 e. The number of aliphatic hydroxyl groups excluding tert-OH is 3. The molecule has 0 saturated carbocycles. The van der Waals surface area contributed by atoms with Gasteiger partial charge in [0.25, 0.3) is 0 Å². The van der Waals surface area contributed by atoms with Crippen LogP contribution in [0.15, 0.2) is 48.6 Å². The average molecular weight is 967 g/mol. The number of carbonyl (C=O) groups excluding carboxylic acids is 2. The molecule has 1 unspecified atom stereocenters. The Labute approximate surface area is 391 Å². The van der Waals surface area contributed by atoms with Gasteiger partial charge in [-0.25, -0.2) is 9.13 Å². The van der Waals surface area contributed by atoms with Crippen LogP contribution in [0.25, 0.3) is 0 Å². The summed E-state index contributed by atoms with van der Waals surface area (Å²) in [6.45, 7) is 3.67. The molecule has 6 N–H and O–H groups in total. The first kappa shape index (κ1) is 63.0. The third-order valence-corrected chi connectivity index (χ3v) is 11.8. The number of allylic oxidation sites excluding steroid dienone is 7. The molecule has 0 saturated heterocycles. The van der Waals surface area contributed by atoms with E-state index in [2.05, 4.69) is 60.2 Å². The van der Waals surface area contributed by atoms with Crippen LogP contribution in [0.4, 0.5) is 0 Å². The van der Waals surface area contributed by atoms with E-state index < -0.39 is 78.4 Å². The SMILES string of the molecule is CC/C=C\C/C=C\C/C=C\C/C=C\C[C@@H](O)[C@H](O)CCCC(=O)O[C@H](COC(=O)CCCCCCCCCCCCCCCCCCC(C)C)COP(=O)(O)OC[C@@H](O)COP(=O)(O)O. The molecule has 0 aliphatic heterocycles. The highest BCUT2D eigenvalue weighted by Crippen LogP contribution is 2.44. The van der Waals surface area contributed by atoms with Crippen LogP contribution in [0.3, 0.4) is 0 Å². The molecule has 17 heteroatoms. The van der Waals surface area contributed by atoms with Gasteiger partial charge in [0.1, 0.15) is 12.7 Å². The number of phosphoric acid groups is 2. The summed E-state index contributed by atoms with van der Waals surface area (Å²) in [5.74, 6) is -0.501. The predicted molar refractivity (Wildman–Crippen MR) is 256 cm³/mol. The molecule has 65 heavy (non-hydrogen) atoms. The number of unbranched alkanes of at least 4 members (excludes halogenated alkanes) is 15. The van der Waals surface area contributed by atoms with Gasteiger partial charge in [0, 0.05) is 12.8 Å². The van der Waals surface area contributed by atoms with Gasteiger partial charge in [0.05, 0.1) is 32.0 Å². The fourth-order valence-electron chi connectivity index (χ4n) is 6.56. The molecule has 0 aromatic carbocycles. The van der Waals surface area contributed by atoms with Gasteiger partial charge in [-0.1, -0.05) is 172 Å². The summed E-state index contributed by atoms with van der Waals surface area (Å²) in [6, 6.07) is 0. The highest BCUT2D eigenvalue weighted by molar-refractivity contribution is 7.47. The summed E-state index contributed by atoms with van der Waals surface area (Å²) in [5.41, 5.74) is 0. The van der Waals surface area contributed by atoms with Crippen molar-refractivity contribution in [3.05, 3.63) is 48.6 Å². The summed E-state index contributed by atoms with van der Waals surface area (Å²) in [7, 11) is -9.79. The smallest absolute Gasteiger partial charge is 0.462 e. The second-order valence-corrected chi connectivity index (χ2v) is 19.8. The van der Waals surface area contributed by atoms with Crippen molar-refractivity contribution in [2.24, 2.45) is 5.92 Å². The number of hydrogen-bond donors (Lipinski definition) is 6. The van der Waals surface area contributed by atoms with Crippen molar-refractivity contribution in [2.75, 3.05) is 26.4 Å². The van der Waals surface area contributed by atoms with E-state index in [0.29, 0.717) is 12.8 Å². The first-order valence-electron chi connectivity index (χ1n) is 24.4. The van der Waals surface area contributed by atoms with Crippen molar-refractivity contribution >= 4 is 27.6 Å². The summed E-state index contributed by atoms with van der Waals surface area (Å²) in [4.78, 5) is 52.9. The third kappa shape index (κ3) is 45.6. The number of ether oxygens (including phenoxy) is 2. The lowest BCUT2D eigenvalue weighted by atomic mass is 10.0. The van der Waals surface area contributed by atoms with E-state index in [-0.39, 0.29) is 32.1 Å². The van der Waals surface area contributed by atoms with Crippen LogP contribution in [0.2, 0.25) is 0 Å². The van der Waals surface area contributed by atoms with E-state index in [1.54, 1.807) is 6.08 Å². The van der Waals surface area contributed by atoms with E-state index in [0.717, 1.165) is 50.9 Å². The van der Waals surface area contributed by atoms with Crippen molar-refractivity contribution in [1.29, 1.82) is 0 Å². The second kappa shape index (κ2) is 42.1. The van der Waals surface area contributed by atoms with Gasteiger partial charge >= 0.3 is 27.6 Å². The molecule has 0 amide bonds. The Balaban J connectivity index is 4.64. The molecule has 0 radical (unpaired) electrons. The Morgan fingerprint density at radius 2 is 0.954 bits per heavy atom. The van der Waals surface area contributed by atoms with Crippen molar-refractivity contribution in [3.63, 3.8) is 0 Å². The number of carbonyl (C=O) groups is 2. The molecule has 0 spiro atoms. The summed E-state index contributed by atoms with van der Waals surface area (Å²) in [5, 5.41) is 30.6. The first-order valence-corrected chi connectivity index (χ1v) is 27.4. The van der Waals surface area contributed by atoms with Crippen molar-refractivity contribution in [1.82, 2.24) is 0 Å². The third-order valence-electron chi connectivity index (χ3n) is 10.4. The average Bonchev–Trinajstić information content (AvgIpc) is 3.25. The zero-order valence-corrected chi connectivity index (χ0v) is 41.8. The van der Waals surface area contributed by atoms with E-state index >= 15 is 0 Å².